The summed E-state index contributed by atoms with van der Waals surface area (Å²) in [5, 5.41) is 7.25. The van der Waals surface area contributed by atoms with Crippen LogP contribution in [0, 0.1) is 12.1 Å². The van der Waals surface area contributed by atoms with Crippen LogP contribution in [0.1, 0.15) is 10.6 Å². The largest absolute Gasteiger partial charge is 0.364 e. The summed E-state index contributed by atoms with van der Waals surface area (Å²) < 4.78 is 14.5. The second-order valence-corrected chi connectivity index (χ2v) is 4.47. The number of nitrogens with zero attached hydrogens (tertiary/aromatic N) is 2. The average Bonchev–Trinajstić information content (AvgIpc) is 2.72. The number of halogens is 1. The molecule has 2 rings (SSSR count). The molecule has 0 aromatic carbocycles. The molecule has 0 aliphatic carbocycles. The van der Waals surface area contributed by atoms with Crippen LogP contribution in [0.15, 0.2) is 18.2 Å². The number of nitrogens with one attached hydrogen (secondary N) is 1. The molecule has 0 spiro atoms. The molecule has 0 saturated carbocycles. The summed E-state index contributed by atoms with van der Waals surface area (Å²) in [5.74, 6) is 0.823. The highest BCUT2D eigenvalue weighted by atomic mass is 32.1. The van der Waals surface area contributed by atoms with E-state index in [9.17, 15) is 4.39 Å². The third-order valence-electron chi connectivity index (χ3n) is 2.19. The molecular weight excluding hydrogens is 213 g/mol. The normalized spacial score (nSPS) is 10.6. The van der Waals surface area contributed by atoms with E-state index in [-0.39, 0.29) is 5.13 Å². The highest BCUT2D eigenvalue weighted by molar-refractivity contribution is 7.10. The van der Waals surface area contributed by atoms with Gasteiger partial charge in [-0.2, -0.15) is 9.49 Å². The summed E-state index contributed by atoms with van der Waals surface area (Å²) in [7, 11) is 1.89. The van der Waals surface area contributed by atoms with Crippen molar-refractivity contribution in [1.82, 2.24) is 9.78 Å². The Labute approximate surface area is 91.5 Å². The van der Waals surface area contributed by atoms with Gasteiger partial charge in [0.1, 0.15) is 5.82 Å². The van der Waals surface area contributed by atoms with E-state index >= 15 is 0 Å². The lowest BCUT2D eigenvalue weighted by Gasteiger charge is -1.98. The van der Waals surface area contributed by atoms with Crippen LogP contribution in [0.4, 0.5) is 10.2 Å². The van der Waals surface area contributed by atoms with Crippen LogP contribution in [0.3, 0.4) is 0 Å². The standard InChI is InChI=1S/C10H12FN3S/c1-7-5-10(13-14(7)2)12-6-8-3-4-9(11)15-8/h3-5H,6H2,1-2H3,(H,12,13). The van der Waals surface area contributed by atoms with E-state index in [0.717, 1.165) is 27.7 Å². The topological polar surface area (TPSA) is 29.9 Å². The maximum absolute atomic E-state index is 12.7. The highest BCUT2D eigenvalue weighted by Crippen LogP contribution is 2.16. The van der Waals surface area contributed by atoms with Crippen LogP contribution in [0.2, 0.25) is 0 Å². The van der Waals surface area contributed by atoms with Gasteiger partial charge in [0.05, 0.1) is 6.54 Å². The Kier molecular flexibility index (Phi) is 2.73. The average molecular weight is 225 g/mol. The molecule has 0 aliphatic heterocycles. The molecule has 2 aromatic rings. The van der Waals surface area contributed by atoms with E-state index in [0.29, 0.717) is 6.54 Å². The van der Waals surface area contributed by atoms with Crippen molar-refractivity contribution < 1.29 is 4.39 Å². The van der Waals surface area contributed by atoms with Crippen molar-refractivity contribution in [2.75, 3.05) is 5.32 Å². The van der Waals surface area contributed by atoms with Gasteiger partial charge in [-0.15, -0.1) is 11.3 Å². The minimum atomic E-state index is -0.149. The van der Waals surface area contributed by atoms with E-state index < -0.39 is 0 Å². The number of aryl methyl sites for hydroxylation is 2. The molecule has 0 aliphatic rings. The Bertz CT molecular complexity index is 441. The van der Waals surface area contributed by atoms with E-state index in [4.69, 9.17) is 0 Å². The van der Waals surface area contributed by atoms with Gasteiger partial charge in [-0.3, -0.25) is 4.68 Å². The monoisotopic (exact) mass is 225 g/mol. The van der Waals surface area contributed by atoms with E-state index in [1.54, 1.807) is 10.7 Å². The van der Waals surface area contributed by atoms with Gasteiger partial charge in [-0.1, -0.05) is 0 Å². The SMILES string of the molecule is Cc1cc(NCc2ccc(F)s2)nn1C. The zero-order valence-electron chi connectivity index (χ0n) is 8.62. The summed E-state index contributed by atoms with van der Waals surface area (Å²) in [6, 6.07) is 5.22. The molecule has 0 saturated heterocycles. The molecule has 3 nitrogen and oxygen atoms in total. The number of anilines is 1. The summed E-state index contributed by atoms with van der Waals surface area (Å²) in [6.45, 7) is 2.61. The highest BCUT2D eigenvalue weighted by Gasteiger charge is 2.02. The Balaban J connectivity index is 1.99. The number of hydrogen-bond donors (Lipinski definition) is 1. The lowest BCUT2D eigenvalue weighted by molar-refractivity contribution is 0.657. The Morgan fingerprint density at radius 3 is 2.87 bits per heavy atom. The maximum Gasteiger partial charge on any atom is 0.176 e. The molecule has 0 unspecified atom stereocenters. The maximum atomic E-state index is 12.7. The summed E-state index contributed by atoms with van der Waals surface area (Å²) in [5.41, 5.74) is 1.09. The smallest absolute Gasteiger partial charge is 0.176 e. The van der Waals surface area contributed by atoms with Gasteiger partial charge in [0.2, 0.25) is 0 Å². The molecule has 1 N–H and O–H groups in total. The molecule has 0 bridgehead atoms. The summed E-state index contributed by atoms with van der Waals surface area (Å²) >= 11 is 1.15. The predicted octanol–water partition coefficient (Wildman–Crippen LogP) is 2.54. The molecular formula is C10H12FN3S. The van der Waals surface area contributed by atoms with Crippen molar-refractivity contribution in [2.24, 2.45) is 7.05 Å². The third-order valence-corrected chi connectivity index (χ3v) is 3.06. The molecule has 0 atom stereocenters. The van der Waals surface area contributed by atoms with Crippen molar-refractivity contribution in [3.05, 3.63) is 33.9 Å². The summed E-state index contributed by atoms with van der Waals surface area (Å²) in [6.07, 6.45) is 0. The van der Waals surface area contributed by atoms with Crippen molar-refractivity contribution >= 4 is 17.2 Å². The Morgan fingerprint density at radius 2 is 2.33 bits per heavy atom. The molecule has 2 heterocycles. The van der Waals surface area contributed by atoms with Crippen LogP contribution < -0.4 is 5.32 Å². The Morgan fingerprint density at radius 1 is 1.53 bits per heavy atom. The quantitative estimate of drug-likeness (QED) is 0.870. The van der Waals surface area contributed by atoms with Crippen LogP contribution >= 0.6 is 11.3 Å². The Hall–Kier alpha value is -1.36. The fraction of sp³-hybridized carbons (Fsp3) is 0.300. The van der Waals surface area contributed by atoms with Gasteiger partial charge in [0.25, 0.3) is 0 Å². The van der Waals surface area contributed by atoms with E-state index in [1.165, 1.54) is 6.07 Å². The fourth-order valence-corrected chi connectivity index (χ4v) is 1.94. The van der Waals surface area contributed by atoms with Crippen molar-refractivity contribution in [1.29, 1.82) is 0 Å². The lowest BCUT2D eigenvalue weighted by Crippen LogP contribution is -1.99. The third kappa shape index (κ3) is 2.36. The van der Waals surface area contributed by atoms with Gasteiger partial charge in [0, 0.05) is 23.7 Å². The van der Waals surface area contributed by atoms with E-state index in [2.05, 4.69) is 10.4 Å². The zero-order valence-corrected chi connectivity index (χ0v) is 9.44. The van der Waals surface area contributed by atoms with Crippen LogP contribution in [-0.2, 0) is 13.6 Å². The van der Waals surface area contributed by atoms with Crippen molar-refractivity contribution in [3.63, 3.8) is 0 Å². The molecule has 0 radical (unpaired) electrons. The molecule has 2 aromatic heterocycles. The number of hydrogen-bond acceptors (Lipinski definition) is 3. The van der Waals surface area contributed by atoms with Gasteiger partial charge in [0.15, 0.2) is 5.13 Å². The number of aromatic nitrogens is 2. The van der Waals surface area contributed by atoms with Crippen molar-refractivity contribution in [2.45, 2.75) is 13.5 Å². The fourth-order valence-electron chi connectivity index (χ4n) is 1.27. The second kappa shape index (κ2) is 4.02. The lowest BCUT2D eigenvalue weighted by atomic mass is 10.4. The number of thiophene rings is 1. The molecule has 0 fully saturated rings. The van der Waals surface area contributed by atoms with E-state index in [1.807, 2.05) is 20.0 Å². The van der Waals surface area contributed by atoms with Crippen LogP contribution in [0.5, 0.6) is 0 Å². The van der Waals surface area contributed by atoms with Crippen molar-refractivity contribution in [3.8, 4) is 0 Å². The minimum absolute atomic E-state index is 0.149. The zero-order chi connectivity index (χ0) is 10.8. The molecule has 15 heavy (non-hydrogen) atoms. The van der Waals surface area contributed by atoms with Gasteiger partial charge in [-0.25, -0.2) is 0 Å². The molecule has 5 heteroatoms. The van der Waals surface area contributed by atoms with Gasteiger partial charge < -0.3 is 5.32 Å². The minimum Gasteiger partial charge on any atom is -0.364 e. The van der Waals surface area contributed by atoms with Crippen LogP contribution in [0.25, 0.3) is 0 Å². The predicted molar refractivity (Wildman–Crippen MR) is 59.5 cm³/mol. The summed E-state index contributed by atoms with van der Waals surface area (Å²) in [4.78, 5) is 0.968. The first-order valence-corrected chi connectivity index (χ1v) is 5.45. The first kappa shape index (κ1) is 10.2. The van der Waals surface area contributed by atoms with Gasteiger partial charge >= 0.3 is 0 Å². The first-order chi connectivity index (χ1) is 7.15. The van der Waals surface area contributed by atoms with Crippen LogP contribution in [-0.4, -0.2) is 9.78 Å². The van der Waals surface area contributed by atoms with Gasteiger partial charge in [-0.05, 0) is 19.1 Å². The molecule has 0 amide bonds. The molecule has 80 valence electrons. The first-order valence-electron chi connectivity index (χ1n) is 4.64. The number of rotatable bonds is 3. The second-order valence-electron chi connectivity index (χ2n) is 3.35.